The molecular weight excluding hydrogens is 280 g/mol. The number of amides is 1. The molecule has 20 heavy (non-hydrogen) atoms. The number of carbonyl (C=O) groups excluding carboxylic acids is 1. The van der Waals surface area contributed by atoms with Crippen LogP contribution in [-0.4, -0.2) is 19.4 Å². The van der Waals surface area contributed by atoms with Crippen LogP contribution < -0.4 is 11.1 Å². The molecule has 7 heteroatoms. The van der Waals surface area contributed by atoms with Gasteiger partial charge in [0.1, 0.15) is 5.75 Å². The van der Waals surface area contributed by atoms with Crippen molar-refractivity contribution in [3.8, 4) is 5.75 Å². The van der Waals surface area contributed by atoms with E-state index in [1.165, 1.54) is 30.3 Å². The molecular formula is C13H12N2O4S. The van der Waals surface area contributed by atoms with Gasteiger partial charge in [0.2, 0.25) is 0 Å². The average Bonchev–Trinajstić information content (AvgIpc) is 2.41. The first-order valence-corrected chi connectivity index (χ1v) is 6.79. The lowest BCUT2D eigenvalue weighted by molar-refractivity contribution is 0.102. The topological polar surface area (TPSA) is 109 Å². The first-order chi connectivity index (χ1) is 9.47. The van der Waals surface area contributed by atoms with Crippen LogP contribution in [0.2, 0.25) is 0 Å². The second kappa shape index (κ2) is 5.62. The van der Waals surface area contributed by atoms with Crippen molar-refractivity contribution in [3.63, 3.8) is 0 Å². The van der Waals surface area contributed by atoms with Crippen LogP contribution in [0.1, 0.15) is 10.4 Å². The maximum absolute atomic E-state index is 11.9. The molecule has 0 aliphatic carbocycles. The van der Waals surface area contributed by atoms with Gasteiger partial charge in [-0.25, -0.2) is 8.42 Å². The highest BCUT2D eigenvalue weighted by Crippen LogP contribution is 2.25. The van der Waals surface area contributed by atoms with Crippen molar-refractivity contribution in [2.24, 2.45) is 0 Å². The fourth-order valence-electron chi connectivity index (χ4n) is 1.57. The van der Waals surface area contributed by atoms with Gasteiger partial charge in [0.05, 0.1) is 10.6 Å². The number of carbonyl (C=O) groups is 1. The number of hydrogen-bond acceptors (Lipinski definition) is 5. The van der Waals surface area contributed by atoms with Crippen molar-refractivity contribution in [2.45, 2.75) is 4.90 Å². The van der Waals surface area contributed by atoms with Crippen molar-refractivity contribution in [2.75, 3.05) is 11.1 Å². The Hall–Kier alpha value is -2.54. The molecule has 0 atom stereocenters. The number of phenolic OH excluding ortho intramolecular Hbond substituents is 1. The number of anilines is 2. The van der Waals surface area contributed by atoms with Crippen LogP contribution in [0.25, 0.3) is 0 Å². The van der Waals surface area contributed by atoms with E-state index in [4.69, 9.17) is 5.73 Å². The number of benzene rings is 2. The van der Waals surface area contributed by atoms with Crippen LogP contribution in [0.15, 0.2) is 47.4 Å². The number of nitrogen functional groups attached to an aromatic ring is 1. The lowest BCUT2D eigenvalue weighted by atomic mass is 10.2. The number of nitrogens with two attached hydrogens (primary N) is 1. The fraction of sp³-hybridized carbons (Fsp3) is 0. The first kappa shape index (κ1) is 13.9. The summed E-state index contributed by atoms with van der Waals surface area (Å²) in [7, 11) is -2.79. The van der Waals surface area contributed by atoms with E-state index in [1.807, 2.05) is 0 Å². The normalized spacial score (nSPS) is 10.4. The standard InChI is InChI=1S/C13H12N2O4S/c14-9-3-1-8(2-4-9)13(17)15-11-7-10(20(18)19)5-6-12(11)16/h1-7,16,20H,14H2,(H,15,17). The Kier molecular flexibility index (Phi) is 3.90. The summed E-state index contributed by atoms with van der Waals surface area (Å²) in [6.07, 6.45) is 0. The zero-order valence-electron chi connectivity index (χ0n) is 10.2. The fourth-order valence-corrected chi connectivity index (χ4v) is 2.00. The van der Waals surface area contributed by atoms with Crippen LogP contribution in [0, 0.1) is 0 Å². The second-order valence-electron chi connectivity index (χ2n) is 4.03. The number of phenols is 1. The highest BCUT2D eigenvalue weighted by molar-refractivity contribution is 7.72. The van der Waals surface area contributed by atoms with E-state index < -0.39 is 16.6 Å². The Morgan fingerprint density at radius 2 is 1.75 bits per heavy atom. The van der Waals surface area contributed by atoms with Gasteiger partial charge in [-0.2, -0.15) is 0 Å². The molecule has 0 spiro atoms. The van der Waals surface area contributed by atoms with Crippen LogP contribution >= 0.6 is 0 Å². The van der Waals surface area contributed by atoms with E-state index in [0.717, 1.165) is 0 Å². The predicted octanol–water partition coefficient (Wildman–Crippen LogP) is 1.20. The number of hydrogen-bond donors (Lipinski definition) is 4. The summed E-state index contributed by atoms with van der Waals surface area (Å²) < 4.78 is 21.8. The maximum Gasteiger partial charge on any atom is 0.255 e. The van der Waals surface area contributed by atoms with Crippen molar-refractivity contribution in [1.29, 1.82) is 0 Å². The summed E-state index contributed by atoms with van der Waals surface area (Å²) in [5.41, 5.74) is 6.41. The van der Waals surface area contributed by atoms with E-state index in [2.05, 4.69) is 5.32 Å². The summed E-state index contributed by atoms with van der Waals surface area (Å²) in [6, 6.07) is 9.84. The van der Waals surface area contributed by atoms with E-state index in [0.29, 0.717) is 11.3 Å². The van der Waals surface area contributed by atoms with Gasteiger partial charge in [0.15, 0.2) is 10.7 Å². The zero-order chi connectivity index (χ0) is 14.7. The Bertz CT molecular complexity index is 716. The van der Waals surface area contributed by atoms with Crippen LogP contribution in [-0.2, 0) is 10.7 Å². The quantitative estimate of drug-likeness (QED) is 0.386. The molecule has 6 nitrogen and oxygen atoms in total. The third-order valence-electron chi connectivity index (χ3n) is 2.61. The molecule has 0 unspecified atom stereocenters. The lowest BCUT2D eigenvalue weighted by Gasteiger charge is -2.08. The van der Waals surface area contributed by atoms with Gasteiger partial charge in [-0.15, -0.1) is 0 Å². The molecule has 0 heterocycles. The summed E-state index contributed by atoms with van der Waals surface area (Å²) in [4.78, 5) is 11.9. The molecule has 0 aliphatic rings. The Balaban J connectivity index is 2.27. The van der Waals surface area contributed by atoms with Gasteiger partial charge in [0, 0.05) is 11.3 Å². The van der Waals surface area contributed by atoms with Crippen LogP contribution in [0.5, 0.6) is 5.75 Å². The third-order valence-corrected chi connectivity index (χ3v) is 3.31. The molecule has 4 N–H and O–H groups in total. The molecule has 2 rings (SSSR count). The molecule has 1 amide bonds. The molecule has 2 aromatic rings. The minimum atomic E-state index is -2.79. The van der Waals surface area contributed by atoms with Gasteiger partial charge in [0.25, 0.3) is 5.91 Å². The first-order valence-electron chi connectivity index (χ1n) is 5.61. The molecule has 0 bridgehead atoms. The molecule has 0 aromatic heterocycles. The van der Waals surface area contributed by atoms with E-state index in [1.54, 1.807) is 12.1 Å². The largest absolute Gasteiger partial charge is 0.506 e. The summed E-state index contributed by atoms with van der Waals surface area (Å²) in [5.74, 6) is -0.687. The smallest absolute Gasteiger partial charge is 0.255 e. The molecule has 0 saturated carbocycles. The summed E-state index contributed by atoms with van der Waals surface area (Å²) in [5, 5.41) is 12.1. The van der Waals surface area contributed by atoms with Crippen molar-refractivity contribution in [3.05, 3.63) is 48.0 Å². The number of nitrogens with one attached hydrogen (secondary N) is 1. The summed E-state index contributed by atoms with van der Waals surface area (Å²) >= 11 is 0. The molecule has 2 aromatic carbocycles. The van der Waals surface area contributed by atoms with Crippen molar-refractivity contribution >= 4 is 28.0 Å². The molecule has 0 radical (unpaired) electrons. The van der Waals surface area contributed by atoms with Gasteiger partial charge >= 0.3 is 0 Å². The third kappa shape index (κ3) is 3.07. The Morgan fingerprint density at radius 1 is 1.10 bits per heavy atom. The predicted molar refractivity (Wildman–Crippen MR) is 75.5 cm³/mol. The molecule has 0 aliphatic heterocycles. The van der Waals surface area contributed by atoms with Crippen molar-refractivity contribution in [1.82, 2.24) is 0 Å². The second-order valence-corrected chi connectivity index (χ2v) is 5.07. The number of rotatable bonds is 3. The molecule has 0 saturated heterocycles. The van der Waals surface area contributed by atoms with Gasteiger partial charge in [-0.3, -0.25) is 4.79 Å². The highest BCUT2D eigenvalue weighted by atomic mass is 32.2. The van der Waals surface area contributed by atoms with Crippen molar-refractivity contribution < 1.29 is 18.3 Å². The Morgan fingerprint density at radius 3 is 2.35 bits per heavy atom. The van der Waals surface area contributed by atoms with Gasteiger partial charge in [-0.05, 0) is 42.5 Å². The molecule has 104 valence electrons. The SMILES string of the molecule is Nc1ccc(C(=O)Nc2cc([SH](=O)=O)ccc2O)cc1. The monoisotopic (exact) mass is 292 g/mol. The highest BCUT2D eigenvalue weighted by Gasteiger charge is 2.10. The van der Waals surface area contributed by atoms with E-state index >= 15 is 0 Å². The summed E-state index contributed by atoms with van der Waals surface area (Å²) in [6.45, 7) is 0. The van der Waals surface area contributed by atoms with Crippen LogP contribution in [0.3, 0.4) is 0 Å². The zero-order valence-corrected chi connectivity index (χ0v) is 11.1. The number of thiol groups is 1. The minimum Gasteiger partial charge on any atom is -0.506 e. The molecule has 0 fully saturated rings. The maximum atomic E-state index is 11.9. The van der Waals surface area contributed by atoms with Crippen LogP contribution in [0.4, 0.5) is 11.4 Å². The lowest BCUT2D eigenvalue weighted by Crippen LogP contribution is -2.12. The van der Waals surface area contributed by atoms with E-state index in [-0.39, 0.29) is 16.3 Å². The Labute approximate surface area is 116 Å². The van der Waals surface area contributed by atoms with Gasteiger partial charge < -0.3 is 16.2 Å². The number of aromatic hydroxyl groups is 1. The van der Waals surface area contributed by atoms with E-state index in [9.17, 15) is 18.3 Å². The van der Waals surface area contributed by atoms with Gasteiger partial charge in [-0.1, -0.05) is 0 Å². The minimum absolute atomic E-state index is 0.00501. The average molecular weight is 292 g/mol.